The molecule has 1 aliphatic heterocycles. The maximum atomic E-state index is 11.4. The Morgan fingerprint density at radius 3 is 2.84 bits per heavy atom. The molecule has 1 aliphatic rings. The molecule has 1 unspecified atom stereocenters. The van der Waals surface area contributed by atoms with Gasteiger partial charge in [-0.1, -0.05) is 0 Å². The van der Waals surface area contributed by atoms with E-state index in [2.05, 4.69) is 9.97 Å². The standard InChI is InChI=1S/C13H17N3O3/c1-9(17)16-6-2-3-10(8-16)7-11-12(13(18)19)15-5-4-14-11/h4-5,10H,2-3,6-8H2,1H3,(H,18,19). The minimum Gasteiger partial charge on any atom is -0.476 e. The van der Waals surface area contributed by atoms with Crippen LogP contribution in [0.25, 0.3) is 0 Å². The molecule has 1 fully saturated rings. The minimum atomic E-state index is -1.05. The second kappa shape index (κ2) is 5.77. The van der Waals surface area contributed by atoms with Crippen molar-refractivity contribution in [2.24, 2.45) is 5.92 Å². The van der Waals surface area contributed by atoms with Gasteiger partial charge in [0.15, 0.2) is 5.69 Å². The molecule has 0 radical (unpaired) electrons. The molecule has 1 atom stereocenters. The van der Waals surface area contributed by atoms with E-state index < -0.39 is 5.97 Å². The van der Waals surface area contributed by atoms with Crippen LogP contribution in [0.4, 0.5) is 0 Å². The Kier molecular flexibility index (Phi) is 4.09. The molecule has 0 bridgehead atoms. The molecule has 2 heterocycles. The lowest BCUT2D eigenvalue weighted by atomic mass is 9.92. The zero-order chi connectivity index (χ0) is 13.8. The van der Waals surface area contributed by atoms with Gasteiger partial charge >= 0.3 is 5.97 Å². The molecule has 102 valence electrons. The Labute approximate surface area is 111 Å². The lowest BCUT2D eigenvalue weighted by Gasteiger charge is -2.32. The highest BCUT2D eigenvalue weighted by Crippen LogP contribution is 2.21. The average molecular weight is 263 g/mol. The van der Waals surface area contributed by atoms with E-state index in [9.17, 15) is 9.59 Å². The van der Waals surface area contributed by atoms with Crippen molar-refractivity contribution < 1.29 is 14.7 Å². The Morgan fingerprint density at radius 1 is 1.42 bits per heavy atom. The highest BCUT2D eigenvalue weighted by Gasteiger charge is 2.24. The number of aromatic carboxylic acids is 1. The van der Waals surface area contributed by atoms with Crippen LogP contribution >= 0.6 is 0 Å². The molecule has 1 aromatic heterocycles. The normalized spacial score (nSPS) is 19.2. The monoisotopic (exact) mass is 263 g/mol. The number of nitrogens with zero attached hydrogens (tertiary/aromatic N) is 3. The van der Waals surface area contributed by atoms with Crippen LogP contribution in [0.5, 0.6) is 0 Å². The van der Waals surface area contributed by atoms with Crippen molar-refractivity contribution in [1.29, 1.82) is 0 Å². The molecule has 2 rings (SSSR count). The predicted octanol–water partition coefficient (Wildman–Crippen LogP) is 0.976. The number of aromatic nitrogens is 2. The summed E-state index contributed by atoms with van der Waals surface area (Å²) >= 11 is 0. The van der Waals surface area contributed by atoms with E-state index in [-0.39, 0.29) is 17.5 Å². The van der Waals surface area contributed by atoms with Gasteiger partial charge in [-0.25, -0.2) is 9.78 Å². The maximum absolute atomic E-state index is 11.4. The first-order valence-corrected chi connectivity index (χ1v) is 6.36. The summed E-state index contributed by atoms with van der Waals surface area (Å²) in [5, 5.41) is 9.07. The summed E-state index contributed by atoms with van der Waals surface area (Å²) in [6.07, 6.45) is 5.38. The third-order valence-corrected chi connectivity index (χ3v) is 3.42. The number of carbonyl (C=O) groups excluding carboxylic acids is 1. The molecule has 1 amide bonds. The van der Waals surface area contributed by atoms with E-state index in [1.54, 1.807) is 6.92 Å². The van der Waals surface area contributed by atoms with Crippen molar-refractivity contribution in [1.82, 2.24) is 14.9 Å². The van der Waals surface area contributed by atoms with Crippen LogP contribution in [-0.2, 0) is 11.2 Å². The lowest BCUT2D eigenvalue weighted by Crippen LogP contribution is -2.39. The van der Waals surface area contributed by atoms with Crippen LogP contribution in [0.3, 0.4) is 0 Å². The zero-order valence-corrected chi connectivity index (χ0v) is 10.9. The number of likely N-dealkylation sites (tertiary alicyclic amines) is 1. The van der Waals surface area contributed by atoms with Crippen LogP contribution in [0.2, 0.25) is 0 Å². The fourth-order valence-electron chi connectivity index (χ4n) is 2.49. The largest absolute Gasteiger partial charge is 0.476 e. The summed E-state index contributed by atoms with van der Waals surface area (Å²) in [5.41, 5.74) is 0.521. The summed E-state index contributed by atoms with van der Waals surface area (Å²) in [5.74, 6) is -0.725. The predicted molar refractivity (Wildman–Crippen MR) is 67.7 cm³/mol. The molecule has 0 aromatic carbocycles. The number of hydrogen-bond acceptors (Lipinski definition) is 4. The summed E-state index contributed by atoms with van der Waals surface area (Å²) in [7, 11) is 0. The molecular formula is C13H17N3O3. The molecule has 1 aromatic rings. The number of carbonyl (C=O) groups is 2. The molecular weight excluding hydrogens is 246 g/mol. The topological polar surface area (TPSA) is 83.4 Å². The van der Waals surface area contributed by atoms with Crippen LogP contribution in [-0.4, -0.2) is 44.9 Å². The van der Waals surface area contributed by atoms with Gasteiger partial charge in [-0.15, -0.1) is 0 Å². The number of carboxylic acid groups (broad SMARTS) is 1. The summed E-state index contributed by atoms with van der Waals surface area (Å²) in [6, 6.07) is 0. The SMILES string of the molecule is CC(=O)N1CCCC(Cc2nccnc2C(=O)O)C1. The van der Waals surface area contributed by atoms with Gasteiger partial charge in [-0.05, 0) is 25.2 Å². The van der Waals surface area contributed by atoms with Crippen LogP contribution < -0.4 is 0 Å². The Hall–Kier alpha value is -1.98. The van der Waals surface area contributed by atoms with Gasteiger partial charge in [-0.2, -0.15) is 0 Å². The Morgan fingerprint density at radius 2 is 2.16 bits per heavy atom. The molecule has 0 aliphatic carbocycles. The van der Waals surface area contributed by atoms with Gasteiger partial charge in [0.1, 0.15) is 0 Å². The highest BCUT2D eigenvalue weighted by molar-refractivity contribution is 5.86. The van der Waals surface area contributed by atoms with E-state index in [0.717, 1.165) is 19.4 Å². The molecule has 19 heavy (non-hydrogen) atoms. The number of hydrogen-bond donors (Lipinski definition) is 1. The van der Waals surface area contributed by atoms with Crippen LogP contribution in [0, 0.1) is 5.92 Å². The van der Waals surface area contributed by atoms with E-state index in [0.29, 0.717) is 18.7 Å². The van der Waals surface area contributed by atoms with Crippen molar-refractivity contribution in [2.45, 2.75) is 26.2 Å². The van der Waals surface area contributed by atoms with Gasteiger partial charge in [0.25, 0.3) is 0 Å². The Balaban J connectivity index is 2.09. The van der Waals surface area contributed by atoms with E-state index >= 15 is 0 Å². The van der Waals surface area contributed by atoms with Crippen molar-refractivity contribution in [3.8, 4) is 0 Å². The zero-order valence-electron chi connectivity index (χ0n) is 10.9. The van der Waals surface area contributed by atoms with Gasteiger partial charge in [0, 0.05) is 32.4 Å². The van der Waals surface area contributed by atoms with Gasteiger partial charge in [0.2, 0.25) is 5.91 Å². The van der Waals surface area contributed by atoms with E-state index in [4.69, 9.17) is 5.11 Å². The molecule has 6 nitrogen and oxygen atoms in total. The van der Waals surface area contributed by atoms with Crippen molar-refractivity contribution in [3.05, 3.63) is 23.8 Å². The number of amides is 1. The van der Waals surface area contributed by atoms with Crippen molar-refractivity contribution >= 4 is 11.9 Å². The Bertz CT molecular complexity index is 490. The molecule has 1 saturated heterocycles. The van der Waals surface area contributed by atoms with Gasteiger partial charge in [0.05, 0.1) is 5.69 Å². The number of piperidine rings is 1. The van der Waals surface area contributed by atoms with Crippen molar-refractivity contribution in [2.75, 3.05) is 13.1 Å². The van der Waals surface area contributed by atoms with Gasteiger partial charge in [-0.3, -0.25) is 9.78 Å². The first-order valence-electron chi connectivity index (χ1n) is 6.36. The minimum absolute atomic E-state index is 0.0162. The third kappa shape index (κ3) is 3.27. The maximum Gasteiger partial charge on any atom is 0.356 e. The first kappa shape index (κ1) is 13.5. The molecule has 1 N–H and O–H groups in total. The van der Waals surface area contributed by atoms with Gasteiger partial charge < -0.3 is 10.0 Å². The lowest BCUT2D eigenvalue weighted by molar-refractivity contribution is -0.130. The van der Waals surface area contributed by atoms with Crippen LogP contribution in [0.1, 0.15) is 35.9 Å². The quantitative estimate of drug-likeness (QED) is 0.878. The van der Waals surface area contributed by atoms with E-state index in [1.165, 1.54) is 12.4 Å². The summed E-state index contributed by atoms with van der Waals surface area (Å²) in [4.78, 5) is 32.2. The second-order valence-electron chi connectivity index (χ2n) is 4.83. The number of carboxylic acids is 1. The number of rotatable bonds is 3. The van der Waals surface area contributed by atoms with E-state index in [1.807, 2.05) is 4.90 Å². The summed E-state index contributed by atoms with van der Waals surface area (Å²) in [6.45, 7) is 3.02. The molecule has 6 heteroatoms. The fraction of sp³-hybridized carbons (Fsp3) is 0.538. The third-order valence-electron chi connectivity index (χ3n) is 3.42. The smallest absolute Gasteiger partial charge is 0.356 e. The van der Waals surface area contributed by atoms with Crippen molar-refractivity contribution in [3.63, 3.8) is 0 Å². The molecule has 0 saturated carbocycles. The second-order valence-corrected chi connectivity index (χ2v) is 4.83. The summed E-state index contributed by atoms with van der Waals surface area (Å²) < 4.78 is 0. The highest BCUT2D eigenvalue weighted by atomic mass is 16.4. The van der Waals surface area contributed by atoms with Crippen LogP contribution in [0.15, 0.2) is 12.4 Å². The fourth-order valence-corrected chi connectivity index (χ4v) is 2.49. The molecule has 0 spiro atoms. The average Bonchev–Trinajstić information content (AvgIpc) is 2.39. The first-order chi connectivity index (χ1) is 9.08.